The Labute approximate surface area is 281 Å². The van der Waals surface area contributed by atoms with Gasteiger partial charge in [-0.05, 0) is 62.7 Å². The summed E-state index contributed by atoms with van der Waals surface area (Å²) in [5, 5.41) is 3.59. The minimum Gasteiger partial charge on any atom is -0.228 e. The second kappa shape index (κ2) is 9.57. The topological polar surface area (TPSA) is 25.8 Å². The van der Waals surface area contributed by atoms with Crippen LogP contribution in [0.3, 0.4) is 0 Å². The van der Waals surface area contributed by atoms with Crippen molar-refractivity contribution >= 4 is 42.4 Å². The Balaban J connectivity index is 1.27. The molecule has 2 aromatic heterocycles. The molecule has 0 bridgehead atoms. The number of hydrogen-bond donors (Lipinski definition) is 0. The van der Waals surface area contributed by atoms with E-state index in [1.807, 2.05) is 11.3 Å². The van der Waals surface area contributed by atoms with Crippen LogP contribution < -0.4 is 0 Å². The molecule has 7 aromatic carbocycles. The van der Waals surface area contributed by atoms with Crippen LogP contribution in [0.25, 0.3) is 76.0 Å². The minimum atomic E-state index is -0.478. The highest BCUT2D eigenvalue weighted by Gasteiger charge is 2.52. The summed E-state index contributed by atoms with van der Waals surface area (Å²) in [5.41, 5.74) is 14.0. The molecule has 1 spiro atoms. The molecule has 0 radical (unpaired) electrons. The van der Waals surface area contributed by atoms with Crippen molar-refractivity contribution in [2.45, 2.75) is 5.41 Å². The SMILES string of the molecule is c1ccc2c(c1)-c1ccccc1C21c2ccccc2-c2cccc(-c3nc(-c4cccc5sc6ccccc6c45)c4ccccc4n3)c21. The first-order valence-electron chi connectivity index (χ1n) is 16.4. The van der Waals surface area contributed by atoms with Crippen molar-refractivity contribution in [3.05, 3.63) is 180 Å². The third kappa shape index (κ3) is 3.26. The second-order valence-corrected chi connectivity index (χ2v) is 13.9. The summed E-state index contributed by atoms with van der Waals surface area (Å²) < 4.78 is 2.56. The number of para-hydroxylation sites is 1. The van der Waals surface area contributed by atoms with Crippen LogP contribution in [-0.4, -0.2) is 9.97 Å². The van der Waals surface area contributed by atoms with Gasteiger partial charge in [-0.2, -0.15) is 0 Å². The molecule has 0 fully saturated rings. The Morgan fingerprint density at radius 2 is 0.917 bits per heavy atom. The Kier molecular flexibility index (Phi) is 5.22. The van der Waals surface area contributed by atoms with Crippen molar-refractivity contribution in [2.75, 3.05) is 0 Å². The molecule has 3 heteroatoms. The Morgan fingerprint density at radius 1 is 0.396 bits per heavy atom. The van der Waals surface area contributed by atoms with E-state index in [0.29, 0.717) is 0 Å². The van der Waals surface area contributed by atoms with Crippen LogP contribution in [-0.2, 0) is 5.41 Å². The van der Waals surface area contributed by atoms with E-state index in [2.05, 4.69) is 158 Å². The first kappa shape index (κ1) is 26.2. The van der Waals surface area contributed by atoms with E-state index in [0.717, 1.165) is 33.5 Å². The van der Waals surface area contributed by atoms with Crippen molar-refractivity contribution in [3.63, 3.8) is 0 Å². The highest BCUT2D eigenvalue weighted by molar-refractivity contribution is 7.25. The first-order chi connectivity index (χ1) is 23.8. The monoisotopic (exact) mass is 626 g/mol. The van der Waals surface area contributed by atoms with Gasteiger partial charge in [-0.25, -0.2) is 9.97 Å². The van der Waals surface area contributed by atoms with Crippen molar-refractivity contribution in [2.24, 2.45) is 0 Å². The van der Waals surface area contributed by atoms with Crippen LogP contribution in [0, 0.1) is 0 Å². The Hall–Kier alpha value is -5.90. The van der Waals surface area contributed by atoms with E-state index >= 15 is 0 Å². The summed E-state index contributed by atoms with van der Waals surface area (Å²) in [6.07, 6.45) is 0. The lowest BCUT2D eigenvalue weighted by Crippen LogP contribution is -2.26. The standard InChI is InChI=1S/C45H26N2S/c1-6-21-35-27(13-1)28-14-2-7-22-36(28)45(35)37-23-8-3-15-29(37)30-18-11-20-34(42(30)45)44-46-38-24-9-4-16-31(38)43(47-44)33-19-12-26-40-41(33)32-17-5-10-25-39(32)48-40/h1-26H. The lowest BCUT2D eigenvalue weighted by molar-refractivity contribution is 0.794. The molecule has 0 saturated heterocycles. The van der Waals surface area contributed by atoms with Crippen molar-refractivity contribution in [3.8, 4) is 44.9 Å². The fraction of sp³-hybridized carbons (Fsp3) is 0.0222. The van der Waals surface area contributed by atoms with Gasteiger partial charge in [0, 0.05) is 36.7 Å². The second-order valence-electron chi connectivity index (χ2n) is 12.8. The Bertz CT molecular complexity index is 2740. The van der Waals surface area contributed by atoms with Gasteiger partial charge in [0.15, 0.2) is 5.82 Å². The normalized spacial score (nSPS) is 13.6. The first-order valence-corrected chi connectivity index (χ1v) is 17.2. The average Bonchev–Trinajstić information content (AvgIpc) is 3.79. The molecule has 11 rings (SSSR count). The summed E-state index contributed by atoms with van der Waals surface area (Å²) in [5.74, 6) is 0.756. The molecule has 222 valence electrons. The molecule has 0 atom stereocenters. The van der Waals surface area contributed by atoms with E-state index in [4.69, 9.17) is 9.97 Å². The number of aromatic nitrogens is 2. The van der Waals surface area contributed by atoms with Gasteiger partial charge in [0.25, 0.3) is 0 Å². The van der Waals surface area contributed by atoms with Gasteiger partial charge in [0.1, 0.15) is 0 Å². The summed E-state index contributed by atoms with van der Waals surface area (Å²) >= 11 is 1.84. The third-order valence-corrected chi connectivity index (χ3v) is 11.7. The maximum absolute atomic E-state index is 5.58. The van der Waals surface area contributed by atoms with E-state index in [1.54, 1.807) is 0 Å². The molecule has 0 unspecified atom stereocenters. The summed E-state index contributed by atoms with van der Waals surface area (Å²) in [6, 6.07) is 57.4. The van der Waals surface area contributed by atoms with Gasteiger partial charge in [-0.15, -0.1) is 11.3 Å². The van der Waals surface area contributed by atoms with Gasteiger partial charge in [0.2, 0.25) is 0 Å². The molecule has 48 heavy (non-hydrogen) atoms. The summed E-state index contributed by atoms with van der Waals surface area (Å²) in [7, 11) is 0. The predicted molar refractivity (Wildman–Crippen MR) is 200 cm³/mol. The molecular formula is C45H26N2S. The van der Waals surface area contributed by atoms with Gasteiger partial charge in [-0.1, -0.05) is 140 Å². The largest absolute Gasteiger partial charge is 0.228 e. The molecule has 2 heterocycles. The predicted octanol–water partition coefficient (Wildman–Crippen LogP) is 11.7. The molecule has 2 aliphatic rings. The number of hydrogen-bond acceptors (Lipinski definition) is 3. The highest BCUT2D eigenvalue weighted by Crippen LogP contribution is 2.64. The maximum atomic E-state index is 5.58. The average molecular weight is 627 g/mol. The van der Waals surface area contributed by atoms with Gasteiger partial charge >= 0.3 is 0 Å². The van der Waals surface area contributed by atoms with E-state index in [9.17, 15) is 0 Å². The van der Waals surface area contributed by atoms with Crippen LogP contribution in [0.4, 0.5) is 0 Å². The van der Waals surface area contributed by atoms with Crippen LogP contribution in [0.15, 0.2) is 158 Å². The van der Waals surface area contributed by atoms with Crippen LogP contribution in [0.5, 0.6) is 0 Å². The van der Waals surface area contributed by atoms with E-state index in [-0.39, 0.29) is 0 Å². The number of thiophene rings is 1. The number of nitrogens with zero attached hydrogens (tertiary/aromatic N) is 2. The number of rotatable bonds is 2. The molecule has 0 saturated carbocycles. The zero-order valence-electron chi connectivity index (χ0n) is 25.8. The quantitative estimate of drug-likeness (QED) is 0.191. The lowest BCUT2D eigenvalue weighted by Gasteiger charge is -2.32. The van der Waals surface area contributed by atoms with Crippen LogP contribution in [0.2, 0.25) is 0 Å². The molecule has 2 aliphatic carbocycles. The minimum absolute atomic E-state index is 0.478. The molecule has 9 aromatic rings. The number of benzene rings is 7. The van der Waals surface area contributed by atoms with Crippen LogP contribution >= 0.6 is 11.3 Å². The van der Waals surface area contributed by atoms with E-state index < -0.39 is 5.41 Å². The molecule has 0 aliphatic heterocycles. The van der Waals surface area contributed by atoms with Gasteiger partial charge in [0.05, 0.1) is 16.6 Å². The number of fused-ring (bicyclic) bond motifs is 14. The molecule has 0 N–H and O–H groups in total. The summed E-state index contributed by atoms with van der Waals surface area (Å²) in [6.45, 7) is 0. The third-order valence-electron chi connectivity index (χ3n) is 10.5. The van der Waals surface area contributed by atoms with Gasteiger partial charge in [-0.3, -0.25) is 0 Å². The van der Waals surface area contributed by atoms with Crippen molar-refractivity contribution < 1.29 is 0 Å². The van der Waals surface area contributed by atoms with Crippen molar-refractivity contribution in [1.29, 1.82) is 0 Å². The summed E-state index contributed by atoms with van der Waals surface area (Å²) in [4.78, 5) is 10.9. The van der Waals surface area contributed by atoms with E-state index in [1.165, 1.54) is 64.7 Å². The fourth-order valence-corrected chi connectivity index (χ4v) is 9.85. The van der Waals surface area contributed by atoms with Crippen molar-refractivity contribution in [1.82, 2.24) is 9.97 Å². The highest BCUT2D eigenvalue weighted by atomic mass is 32.1. The fourth-order valence-electron chi connectivity index (χ4n) is 8.72. The molecule has 2 nitrogen and oxygen atoms in total. The molecular weight excluding hydrogens is 601 g/mol. The smallest absolute Gasteiger partial charge is 0.160 e. The Morgan fingerprint density at radius 3 is 1.67 bits per heavy atom. The molecule has 0 amide bonds. The van der Waals surface area contributed by atoms with Gasteiger partial charge < -0.3 is 0 Å². The van der Waals surface area contributed by atoms with Crippen LogP contribution in [0.1, 0.15) is 22.3 Å². The lowest BCUT2D eigenvalue weighted by atomic mass is 9.69. The maximum Gasteiger partial charge on any atom is 0.160 e. The zero-order valence-corrected chi connectivity index (χ0v) is 26.6. The zero-order chi connectivity index (χ0) is 31.4.